The summed E-state index contributed by atoms with van der Waals surface area (Å²) in [5, 5.41) is 15.4. The number of aryl methyl sites for hydroxylation is 2. The maximum Gasteiger partial charge on any atom is 0.225 e. The molecule has 0 aliphatic rings. The van der Waals surface area contributed by atoms with Gasteiger partial charge in [-0.1, -0.05) is 6.07 Å². The Bertz CT molecular complexity index is 831. The average Bonchev–Trinajstić information content (AvgIpc) is 2.59. The van der Waals surface area contributed by atoms with Gasteiger partial charge >= 0.3 is 0 Å². The van der Waals surface area contributed by atoms with Crippen LogP contribution in [0.5, 0.6) is 0 Å². The number of hydrogen-bond acceptors (Lipinski definition) is 6. The molecule has 0 radical (unpaired) electrons. The van der Waals surface area contributed by atoms with E-state index in [1.165, 1.54) is 11.1 Å². The van der Waals surface area contributed by atoms with Crippen LogP contribution in [0.25, 0.3) is 11.3 Å². The van der Waals surface area contributed by atoms with Crippen molar-refractivity contribution in [2.75, 3.05) is 23.8 Å². The van der Waals surface area contributed by atoms with E-state index < -0.39 is 0 Å². The molecule has 128 valence electrons. The molecule has 0 atom stereocenters. The molecule has 3 N–H and O–H groups in total. The lowest BCUT2D eigenvalue weighted by molar-refractivity contribution is 0.311. The zero-order chi connectivity index (χ0) is 17.6. The van der Waals surface area contributed by atoms with Gasteiger partial charge in [-0.3, -0.25) is 4.98 Å². The van der Waals surface area contributed by atoms with Crippen LogP contribution < -0.4 is 10.6 Å². The summed E-state index contributed by atoms with van der Waals surface area (Å²) in [6.07, 6.45) is 3.46. The second-order valence-electron chi connectivity index (χ2n) is 5.85. The summed E-state index contributed by atoms with van der Waals surface area (Å²) < 4.78 is 0. The van der Waals surface area contributed by atoms with Gasteiger partial charge in [0, 0.05) is 36.3 Å². The minimum atomic E-state index is 0.0165. The summed E-state index contributed by atoms with van der Waals surface area (Å²) in [5.74, 6) is 1.16. The van der Waals surface area contributed by atoms with Gasteiger partial charge in [-0.25, -0.2) is 4.98 Å². The normalized spacial score (nSPS) is 10.5. The smallest absolute Gasteiger partial charge is 0.225 e. The Morgan fingerprint density at radius 1 is 0.960 bits per heavy atom. The first kappa shape index (κ1) is 16.9. The summed E-state index contributed by atoms with van der Waals surface area (Å²) in [6.45, 7) is 4.54. The molecule has 0 spiro atoms. The van der Waals surface area contributed by atoms with E-state index in [9.17, 15) is 0 Å². The van der Waals surface area contributed by atoms with E-state index in [2.05, 4.69) is 57.6 Å². The molecule has 2 aromatic heterocycles. The first-order valence-corrected chi connectivity index (χ1v) is 8.13. The van der Waals surface area contributed by atoms with E-state index in [4.69, 9.17) is 5.11 Å². The molecule has 0 saturated carbocycles. The van der Waals surface area contributed by atoms with E-state index in [1.807, 2.05) is 18.2 Å². The molecular weight excluding hydrogens is 314 g/mol. The van der Waals surface area contributed by atoms with Crippen LogP contribution in [0, 0.1) is 13.8 Å². The summed E-state index contributed by atoms with van der Waals surface area (Å²) in [7, 11) is 0. The van der Waals surface area contributed by atoms with E-state index in [1.54, 1.807) is 12.4 Å². The Hall–Kier alpha value is -2.99. The number of aliphatic hydroxyl groups is 1. The Kier molecular flexibility index (Phi) is 5.20. The van der Waals surface area contributed by atoms with Gasteiger partial charge in [0.1, 0.15) is 5.82 Å². The molecule has 1 aromatic carbocycles. The molecule has 25 heavy (non-hydrogen) atoms. The summed E-state index contributed by atoms with van der Waals surface area (Å²) in [6, 6.07) is 12.0. The number of hydrogen-bond donors (Lipinski definition) is 3. The molecule has 3 aromatic rings. The lowest BCUT2D eigenvalue weighted by atomic mass is 10.1. The summed E-state index contributed by atoms with van der Waals surface area (Å²) in [4.78, 5) is 13.1. The van der Waals surface area contributed by atoms with Gasteiger partial charge in [-0.05, 0) is 49.2 Å². The number of pyridine rings is 1. The third-order valence-electron chi connectivity index (χ3n) is 3.59. The molecule has 0 fully saturated rings. The van der Waals surface area contributed by atoms with Crippen LogP contribution in [-0.2, 0) is 0 Å². The SMILES string of the molecule is Cc1cc(C)cc(Nc2cc(-c3ccncc3)nc(NCCO)n2)c1. The Morgan fingerprint density at radius 2 is 1.68 bits per heavy atom. The van der Waals surface area contributed by atoms with Gasteiger partial charge in [0.25, 0.3) is 0 Å². The van der Waals surface area contributed by atoms with Crippen molar-refractivity contribution in [1.29, 1.82) is 0 Å². The predicted molar refractivity (Wildman–Crippen MR) is 100 cm³/mol. The number of aliphatic hydroxyl groups excluding tert-OH is 1. The van der Waals surface area contributed by atoms with Crippen LogP contribution in [0.1, 0.15) is 11.1 Å². The molecule has 6 nitrogen and oxygen atoms in total. The quantitative estimate of drug-likeness (QED) is 0.641. The van der Waals surface area contributed by atoms with Crippen molar-refractivity contribution in [3.05, 3.63) is 59.9 Å². The van der Waals surface area contributed by atoms with Gasteiger partial charge in [-0.2, -0.15) is 4.98 Å². The van der Waals surface area contributed by atoms with E-state index in [0.29, 0.717) is 18.3 Å². The van der Waals surface area contributed by atoms with Crippen LogP contribution in [0.3, 0.4) is 0 Å². The average molecular weight is 335 g/mol. The second-order valence-corrected chi connectivity index (χ2v) is 5.85. The number of anilines is 3. The van der Waals surface area contributed by atoms with Gasteiger partial charge in [-0.15, -0.1) is 0 Å². The van der Waals surface area contributed by atoms with Crippen molar-refractivity contribution in [2.24, 2.45) is 0 Å². The highest BCUT2D eigenvalue weighted by Crippen LogP contribution is 2.24. The van der Waals surface area contributed by atoms with Crippen LogP contribution >= 0.6 is 0 Å². The fourth-order valence-electron chi connectivity index (χ4n) is 2.62. The summed E-state index contributed by atoms with van der Waals surface area (Å²) >= 11 is 0. The van der Waals surface area contributed by atoms with Gasteiger partial charge < -0.3 is 15.7 Å². The third kappa shape index (κ3) is 4.51. The Labute approximate surface area is 147 Å². The highest BCUT2D eigenvalue weighted by molar-refractivity contribution is 5.67. The van der Waals surface area contributed by atoms with Crippen LogP contribution in [-0.4, -0.2) is 33.2 Å². The van der Waals surface area contributed by atoms with Crippen molar-refractivity contribution in [3.8, 4) is 11.3 Å². The number of nitrogens with zero attached hydrogens (tertiary/aromatic N) is 3. The standard InChI is InChI=1S/C19H21N5O/c1-13-9-14(2)11-16(10-13)22-18-12-17(15-3-5-20-6-4-15)23-19(24-18)21-7-8-25/h3-6,9-12,25H,7-8H2,1-2H3,(H2,21,22,23,24). The van der Waals surface area contributed by atoms with E-state index in [0.717, 1.165) is 16.9 Å². The highest BCUT2D eigenvalue weighted by Gasteiger charge is 2.07. The van der Waals surface area contributed by atoms with Crippen molar-refractivity contribution < 1.29 is 5.11 Å². The van der Waals surface area contributed by atoms with Crippen molar-refractivity contribution >= 4 is 17.5 Å². The molecule has 0 aliphatic heterocycles. The Morgan fingerprint density at radius 3 is 2.36 bits per heavy atom. The number of nitrogens with one attached hydrogen (secondary N) is 2. The van der Waals surface area contributed by atoms with Gasteiger partial charge in [0.05, 0.1) is 12.3 Å². The maximum atomic E-state index is 9.04. The highest BCUT2D eigenvalue weighted by atomic mass is 16.3. The first-order chi connectivity index (χ1) is 12.1. The fraction of sp³-hybridized carbons (Fsp3) is 0.211. The molecule has 0 saturated heterocycles. The largest absolute Gasteiger partial charge is 0.395 e. The van der Waals surface area contributed by atoms with E-state index in [-0.39, 0.29) is 6.61 Å². The molecule has 0 amide bonds. The number of aromatic nitrogens is 3. The molecule has 0 unspecified atom stereocenters. The first-order valence-electron chi connectivity index (χ1n) is 8.13. The fourth-order valence-corrected chi connectivity index (χ4v) is 2.62. The lowest BCUT2D eigenvalue weighted by Gasteiger charge is -2.12. The summed E-state index contributed by atoms with van der Waals surface area (Å²) in [5.41, 5.74) is 5.08. The topological polar surface area (TPSA) is 83.0 Å². The zero-order valence-corrected chi connectivity index (χ0v) is 14.3. The van der Waals surface area contributed by atoms with Gasteiger partial charge in [0.15, 0.2) is 0 Å². The maximum absolute atomic E-state index is 9.04. The van der Waals surface area contributed by atoms with E-state index >= 15 is 0 Å². The zero-order valence-electron chi connectivity index (χ0n) is 14.3. The molecule has 0 aliphatic carbocycles. The monoisotopic (exact) mass is 335 g/mol. The second kappa shape index (κ2) is 7.72. The predicted octanol–water partition coefficient (Wildman–Crippen LogP) is 3.30. The number of benzene rings is 1. The van der Waals surface area contributed by atoms with Gasteiger partial charge in [0.2, 0.25) is 5.95 Å². The molecule has 0 bridgehead atoms. The Balaban J connectivity index is 1.96. The lowest BCUT2D eigenvalue weighted by Crippen LogP contribution is -2.10. The van der Waals surface area contributed by atoms with Crippen molar-refractivity contribution in [2.45, 2.75) is 13.8 Å². The molecule has 6 heteroatoms. The van der Waals surface area contributed by atoms with Crippen molar-refractivity contribution in [1.82, 2.24) is 15.0 Å². The van der Waals surface area contributed by atoms with Crippen LogP contribution in [0.2, 0.25) is 0 Å². The number of rotatable bonds is 6. The van der Waals surface area contributed by atoms with Crippen molar-refractivity contribution in [3.63, 3.8) is 0 Å². The van der Waals surface area contributed by atoms with Crippen LogP contribution in [0.15, 0.2) is 48.8 Å². The minimum absolute atomic E-state index is 0.0165. The molecular formula is C19H21N5O. The van der Waals surface area contributed by atoms with Crippen LogP contribution in [0.4, 0.5) is 17.5 Å². The third-order valence-corrected chi connectivity index (χ3v) is 3.59. The molecule has 3 rings (SSSR count). The molecule has 2 heterocycles. The minimum Gasteiger partial charge on any atom is -0.395 e.